The van der Waals surface area contributed by atoms with E-state index in [9.17, 15) is 9.90 Å². The van der Waals surface area contributed by atoms with Gasteiger partial charge in [0.05, 0.1) is 12.8 Å². The smallest absolute Gasteiger partial charge is 0.410 e. The molecule has 1 N–H and O–H groups in total. The summed E-state index contributed by atoms with van der Waals surface area (Å²) in [6.07, 6.45) is 3.49. The zero-order valence-electron chi connectivity index (χ0n) is 15.5. The molecule has 1 amide bonds. The van der Waals surface area contributed by atoms with Gasteiger partial charge in [-0.05, 0) is 46.1 Å². The fourth-order valence-corrected chi connectivity index (χ4v) is 4.04. The van der Waals surface area contributed by atoms with Crippen molar-refractivity contribution >= 4 is 6.09 Å². The Bertz CT molecular complexity index is 627. The number of ether oxygens (including phenoxy) is 2. The third-order valence-corrected chi connectivity index (χ3v) is 5.02. The van der Waals surface area contributed by atoms with Crippen molar-refractivity contribution in [3.63, 3.8) is 0 Å². The van der Waals surface area contributed by atoms with Crippen molar-refractivity contribution in [2.75, 3.05) is 7.11 Å². The zero-order valence-corrected chi connectivity index (χ0v) is 15.5. The Morgan fingerprint density at radius 3 is 2.48 bits per heavy atom. The predicted molar refractivity (Wildman–Crippen MR) is 93.4 cm³/mol. The largest absolute Gasteiger partial charge is 0.481 e. The standard InChI is InChI=1S/C19H28N2O4/c1-18(2,3)25-17(22)21-13-7-5-8-14(21)12-19(23,11-13)15-9-6-10-16(20-15)24-4/h6,9-10,13-14,23H,5,7-8,11-12H2,1-4H3. The molecule has 25 heavy (non-hydrogen) atoms. The van der Waals surface area contributed by atoms with Crippen LogP contribution in [0.3, 0.4) is 0 Å². The first-order chi connectivity index (χ1) is 11.7. The Morgan fingerprint density at radius 1 is 1.28 bits per heavy atom. The van der Waals surface area contributed by atoms with Crippen LogP contribution < -0.4 is 4.74 Å². The monoisotopic (exact) mass is 348 g/mol. The number of nitrogens with zero attached hydrogens (tertiary/aromatic N) is 2. The second-order valence-corrected chi connectivity index (χ2v) is 8.13. The van der Waals surface area contributed by atoms with Crippen LogP contribution in [0.15, 0.2) is 18.2 Å². The fraction of sp³-hybridized carbons (Fsp3) is 0.684. The van der Waals surface area contributed by atoms with Crippen LogP contribution in [0.5, 0.6) is 5.88 Å². The van der Waals surface area contributed by atoms with Crippen LogP contribution in [0, 0.1) is 0 Å². The van der Waals surface area contributed by atoms with Crippen LogP contribution in [0.1, 0.15) is 58.6 Å². The molecule has 2 saturated heterocycles. The molecule has 0 aliphatic carbocycles. The van der Waals surface area contributed by atoms with Gasteiger partial charge < -0.3 is 19.5 Å². The maximum atomic E-state index is 12.7. The average molecular weight is 348 g/mol. The molecule has 6 nitrogen and oxygen atoms in total. The van der Waals surface area contributed by atoms with E-state index in [0.29, 0.717) is 24.4 Å². The lowest BCUT2D eigenvalue weighted by atomic mass is 9.74. The Balaban J connectivity index is 1.84. The summed E-state index contributed by atoms with van der Waals surface area (Å²) >= 11 is 0. The molecule has 2 aliphatic heterocycles. The molecule has 2 fully saturated rings. The van der Waals surface area contributed by atoms with E-state index >= 15 is 0 Å². The van der Waals surface area contributed by atoms with Crippen LogP contribution in [0.4, 0.5) is 4.79 Å². The lowest BCUT2D eigenvalue weighted by Crippen LogP contribution is -2.59. The molecular weight excluding hydrogens is 320 g/mol. The van der Waals surface area contributed by atoms with Gasteiger partial charge in [-0.1, -0.05) is 6.07 Å². The van der Waals surface area contributed by atoms with Crippen molar-refractivity contribution in [2.24, 2.45) is 0 Å². The molecule has 1 aromatic rings. The van der Waals surface area contributed by atoms with E-state index in [0.717, 1.165) is 19.3 Å². The molecule has 3 rings (SSSR count). The minimum Gasteiger partial charge on any atom is -0.481 e. The first kappa shape index (κ1) is 18.0. The van der Waals surface area contributed by atoms with E-state index < -0.39 is 11.2 Å². The van der Waals surface area contributed by atoms with E-state index in [4.69, 9.17) is 9.47 Å². The third kappa shape index (κ3) is 3.73. The van der Waals surface area contributed by atoms with Crippen molar-refractivity contribution in [1.82, 2.24) is 9.88 Å². The Hall–Kier alpha value is -1.82. The SMILES string of the molecule is COc1cccc(C2(O)CC3CCCC(C2)N3C(=O)OC(C)(C)C)n1. The van der Waals surface area contributed by atoms with E-state index in [-0.39, 0.29) is 18.2 Å². The molecule has 2 atom stereocenters. The summed E-state index contributed by atoms with van der Waals surface area (Å²) in [6, 6.07) is 5.39. The molecule has 2 unspecified atom stereocenters. The normalized spacial score (nSPS) is 29.2. The summed E-state index contributed by atoms with van der Waals surface area (Å²) in [7, 11) is 1.57. The molecule has 6 heteroatoms. The zero-order chi connectivity index (χ0) is 18.2. The number of rotatable bonds is 2. The Morgan fingerprint density at radius 2 is 1.92 bits per heavy atom. The predicted octanol–water partition coefficient (Wildman–Crippen LogP) is 3.23. The van der Waals surface area contributed by atoms with Gasteiger partial charge in [0.1, 0.15) is 11.2 Å². The Kier molecular flexibility index (Phi) is 4.66. The van der Waals surface area contributed by atoms with Gasteiger partial charge in [0.15, 0.2) is 0 Å². The van der Waals surface area contributed by atoms with E-state index in [1.807, 2.05) is 37.8 Å². The number of aliphatic hydroxyl groups is 1. The molecule has 2 aliphatic rings. The summed E-state index contributed by atoms with van der Waals surface area (Å²) in [5, 5.41) is 11.3. The molecule has 0 aromatic carbocycles. The number of fused-ring (bicyclic) bond motifs is 2. The lowest BCUT2D eigenvalue weighted by molar-refractivity contribution is -0.0986. The van der Waals surface area contributed by atoms with Gasteiger partial charge in [0.2, 0.25) is 5.88 Å². The summed E-state index contributed by atoms with van der Waals surface area (Å²) in [5.41, 5.74) is -0.941. The quantitative estimate of drug-likeness (QED) is 0.888. The van der Waals surface area contributed by atoms with Crippen LogP contribution >= 0.6 is 0 Å². The molecule has 3 heterocycles. The number of hydrogen-bond donors (Lipinski definition) is 1. The molecule has 1 aromatic heterocycles. The van der Waals surface area contributed by atoms with Gasteiger partial charge in [-0.25, -0.2) is 9.78 Å². The highest BCUT2D eigenvalue weighted by molar-refractivity contribution is 5.69. The number of pyridine rings is 1. The second-order valence-electron chi connectivity index (χ2n) is 8.13. The van der Waals surface area contributed by atoms with Gasteiger partial charge in [-0.3, -0.25) is 0 Å². The number of piperidine rings is 2. The highest BCUT2D eigenvalue weighted by Gasteiger charge is 2.49. The lowest BCUT2D eigenvalue weighted by Gasteiger charge is -2.51. The van der Waals surface area contributed by atoms with Crippen LogP contribution in [0.25, 0.3) is 0 Å². The van der Waals surface area contributed by atoms with Gasteiger partial charge in [-0.2, -0.15) is 0 Å². The van der Waals surface area contributed by atoms with E-state index in [1.165, 1.54) is 0 Å². The van der Waals surface area contributed by atoms with Crippen molar-refractivity contribution in [3.8, 4) is 5.88 Å². The molecule has 2 bridgehead atoms. The average Bonchev–Trinajstić information content (AvgIpc) is 2.52. The van der Waals surface area contributed by atoms with Gasteiger partial charge in [0.25, 0.3) is 0 Å². The number of carbonyl (C=O) groups is 1. The maximum absolute atomic E-state index is 12.7. The summed E-state index contributed by atoms with van der Waals surface area (Å²) in [4.78, 5) is 18.9. The Labute approximate surface area is 149 Å². The number of aromatic nitrogens is 1. The van der Waals surface area contributed by atoms with Crippen molar-refractivity contribution < 1.29 is 19.4 Å². The van der Waals surface area contributed by atoms with Crippen molar-refractivity contribution in [1.29, 1.82) is 0 Å². The summed E-state index contributed by atoms with van der Waals surface area (Å²) in [6.45, 7) is 5.63. The maximum Gasteiger partial charge on any atom is 0.410 e. The van der Waals surface area contributed by atoms with Crippen LogP contribution in [-0.4, -0.2) is 45.9 Å². The summed E-state index contributed by atoms with van der Waals surface area (Å²) < 4.78 is 10.8. The van der Waals surface area contributed by atoms with Crippen molar-refractivity contribution in [2.45, 2.75) is 76.2 Å². The number of amides is 1. The molecule has 138 valence electrons. The first-order valence-corrected chi connectivity index (χ1v) is 8.97. The highest BCUT2D eigenvalue weighted by Crippen LogP contribution is 2.44. The van der Waals surface area contributed by atoms with Gasteiger partial charge >= 0.3 is 6.09 Å². The van der Waals surface area contributed by atoms with Crippen LogP contribution in [-0.2, 0) is 10.3 Å². The van der Waals surface area contributed by atoms with Crippen LogP contribution in [0.2, 0.25) is 0 Å². The summed E-state index contributed by atoms with van der Waals surface area (Å²) in [5.74, 6) is 0.491. The third-order valence-electron chi connectivity index (χ3n) is 5.02. The second kappa shape index (κ2) is 6.48. The van der Waals surface area contributed by atoms with Crippen molar-refractivity contribution in [3.05, 3.63) is 23.9 Å². The fourth-order valence-electron chi connectivity index (χ4n) is 4.04. The molecule has 0 spiro atoms. The minimum atomic E-state index is -1.04. The number of methoxy groups -OCH3 is 1. The van der Waals surface area contributed by atoms with Gasteiger partial charge in [0, 0.05) is 31.0 Å². The van der Waals surface area contributed by atoms with E-state index in [1.54, 1.807) is 13.2 Å². The number of hydrogen-bond acceptors (Lipinski definition) is 5. The number of carbonyl (C=O) groups excluding carboxylic acids is 1. The first-order valence-electron chi connectivity index (χ1n) is 8.97. The van der Waals surface area contributed by atoms with E-state index in [2.05, 4.69) is 4.98 Å². The topological polar surface area (TPSA) is 71.9 Å². The minimum absolute atomic E-state index is 0.0275. The molecule has 0 saturated carbocycles. The molecule has 0 radical (unpaired) electrons. The highest BCUT2D eigenvalue weighted by atomic mass is 16.6. The van der Waals surface area contributed by atoms with Gasteiger partial charge in [-0.15, -0.1) is 0 Å². The molecular formula is C19H28N2O4.